The van der Waals surface area contributed by atoms with Gasteiger partial charge in [0.2, 0.25) is 11.8 Å². The molecule has 3 aromatic heterocycles. The molecule has 17 heteroatoms. The van der Waals surface area contributed by atoms with Crippen LogP contribution in [0.2, 0.25) is 0 Å². The summed E-state index contributed by atoms with van der Waals surface area (Å²) in [4.78, 5) is 69.4. The minimum atomic E-state index is -1.29. The van der Waals surface area contributed by atoms with E-state index in [-0.39, 0.29) is 12.1 Å². The van der Waals surface area contributed by atoms with Crippen molar-refractivity contribution in [3.8, 4) is 33.8 Å². The van der Waals surface area contributed by atoms with Crippen molar-refractivity contribution < 1.29 is 43.7 Å². The lowest BCUT2D eigenvalue weighted by atomic mass is 10.1. The number of aliphatic hydroxyl groups excluding tert-OH is 2. The number of aliphatic hydroxyl groups is 2. The molecule has 17 nitrogen and oxygen atoms in total. The smallest absolute Gasteiger partial charge is 0.407 e. The Balaban J connectivity index is 1.04. The molecule has 2 fully saturated rings. The van der Waals surface area contributed by atoms with Crippen molar-refractivity contribution in [3.63, 3.8) is 0 Å². The Hall–Kier alpha value is -6.20. The van der Waals surface area contributed by atoms with E-state index >= 15 is 0 Å². The van der Waals surface area contributed by atoms with Crippen LogP contribution < -0.4 is 5.32 Å². The van der Waals surface area contributed by atoms with Crippen molar-refractivity contribution in [2.45, 2.75) is 49.9 Å². The number of furan rings is 1. The fraction of sp³-hybridized carbons (Fsp3) is 0.368. The molecule has 0 radical (unpaired) electrons. The molecule has 2 saturated heterocycles. The summed E-state index contributed by atoms with van der Waals surface area (Å²) in [5.41, 5.74) is 4.84. The molecule has 0 bridgehead atoms. The highest BCUT2D eigenvalue weighted by Gasteiger charge is 2.38. The fourth-order valence-corrected chi connectivity index (χ4v) is 7.38. The zero-order valence-electron chi connectivity index (χ0n) is 30.3. The first-order valence-electron chi connectivity index (χ1n) is 18.0. The molecule has 2 aromatic carbocycles. The maximum Gasteiger partial charge on any atom is 0.407 e. The summed E-state index contributed by atoms with van der Waals surface area (Å²) < 4.78 is 10.8. The van der Waals surface area contributed by atoms with Crippen molar-refractivity contribution in [2.75, 3.05) is 40.5 Å². The zero-order valence-corrected chi connectivity index (χ0v) is 30.3. The lowest BCUT2D eigenvalue weighted by molar-refractivity contribution is -0.138. The molecule has 4 amide bonds. The summed E-state index contributed by atoms with van der Waals surface area (Å²) in [7, 11) is 2.46. The number of likely N-dealkylation sites (tertiary alicyclic amines) is 2. The molecule has 5 heterocycles. The van der Waals surface area contributed by atoms with Crippen LogP contribution in [0.1, 0.15) is 49.4 Å². The van der Waals surface area contributed by atoms with Gasteiger partial charge in [0.05, 0.1) is 56.2 Å². The van der Waals surface area contributed by atoms with Crippen LogP contribution in [0.25, 0.3) is 44.8 Å². The van der Waals surface area contributed by atoms with Gasteiger partial charge < -0.3 is 49.6 Å². The molecular formula is C38H42N8O9. The Labute approximate surface area is 314 Å². The quantitative estimate of drug-likeness (QED) is 0.113. The monoisotopic (exact) mass is 754 g/mol. The number of imidazole rings is 2. The predicted molar refractivity (Wildman–Crippen MR) is 197 cm³/mol. The molecule has 4 atom stereocenters. The number of aromatic amines is 2. The summed E-state index contributed by atoms with van der Waals surface area (Å²) >= 11 is 0. The SMILES string of the molecule is COC(=O)N[C@@H](CO)C(=O)N1CCC[C@H]1c1ncc(-c2ccc3oc(-c4ccc(-c5cnc([C@@H]6CCCN6C(=O)[C@H](CO)N(C)C(=O)O)[nH]5)cc4)cc3c2)[nH]1. The number of alkyl carbamates (subject to hydrolysis) is 1. The number of H-pyrrole nitrogens is 2. The van der Waals surface area contributed by atoms with Gasteiger partial charge in [0.15, 0.2) is 0 Å². The summed E-state index contributed by atoms with van der Waals surface area (Å²) in [6, 6.07) is 12.6. The first kappa shape index (κ1) is 37.1. The lowest BCUT2D eigenvalue weighted by Crippen LogP contribution is -2.50. The first-order valence-corrected chi connectivity index (χ1v) is 18.0. The highest BCUT2D eigenvalue weighted by atomic mass is 16.5. The minimum absolute atomic E-state index is 0.339. The van der Waals surface area contributed by atoms with Gasteiger partial charge in [-0.25, -0.2) is 19.6 Å². The molecule has 55 heavy (non-hydrogen) atoms. The number of nitrogens with zero attached hydrogens (tertiary/aromatic N) is 5. The average molecular weight is 755 g/mol. The predicted octanol–water partition coefficient (Wildman–Crippen LogP) is 3.89. The Morgan fingerprint density at radius 3 is 2.04 bits per heavy atom. The number of aromatic nitrogens is 4. The number of nitrogens with one attached hydrogen (secondary N) is 3. The number of hydrogen-bond acceptors (Lipinski definition) is 10. The number of carboxylic acid groups (broad SMARTS) is 1. The highest BCUT2D eigenvalue weighted by molar-refractivity contribution is 5.88. The van der Waals surface area contributed by atoms with Crippen LogP contribution in [0, 0.1) is 0 Å². The molecule has 7 rings (SSSR count). The van der Waals surface area contributed by atoms with Crippen molar-refractivity contribution in [1.29, 1.82) is 0 Å². The molecule has 2 aliphatic rings. The summed E-state index contributed by atoms with van der Waals surface area (Å²) in [6.07, 6.45) is 4.16. The van der Waals surface area contributed by atoms with Crippen LogP contribution in [0.15, 0.2) is 65.3 Å². The van der Waals surface area contributed by atoms with Crippen molar-refractivity contribution in [3.05, 3.63) is 72.6 Å². The Morgan fingerprint density at radius 2 is 1.45 bits per heavy atom. The van der Waals surface area contributed by atoms with Crippen molar-refractivity contribution in [2.24, 2.45) is 0 Å². The van der Waals surface area contributed by atoms with Gasteiger partial charge in [0, 0.05) is 36.7 Å². The third-order valence-electron chi connectivity index (χ3n) is 10.4. The summed E-state index contributed by atoms with van der Waals surface area (Å²) in [5.74, 6) is 1.01. The van der Waals surface area contributed by atoms with E-state index in [0.29, 0.717) is 48.9 Å². The molecule has 5 aromatic rings. The van der Waals surface area contributed by atoms with Crippen LogP contribution in [-0.2, 0) is 14.3 Å². The van der Waals surface area contributed by atoms with E-state index in [9.17, 15) is 34.5 Å². The number of carbonyl (C=O) groups excluding carboxylic acids is 3. The van der Waals surface area contributed by atoms with Crippen LogP contribution in [0.4, 0.5) is 9.59 Å². The number of carbonyl (C=O) groups is 4. The number of benzene rings is 2. The average Bonchev–Trinajstić information content (AvgIpc) is 4.05. The van der Waals surface area contributed by atoms with Gasteiger partial charge in [0.1, 0.15) is 35.1 Å². The topological polar surface area (TPSA) is 230 Å². The van der Waals surface area contributed by atoms with Gasteiger partial charge in [-0.15, -0.1) is 0 Å². The molecule has 0 spiro atoms. The van der Waals surface area contributed by atoms with E-state index in [1.165, 1.54) is 14.2 Å². The van der Waals surface area contributed by atoms with Gasteiger partial charge in [-0.2, -0.15) is 0 Å². The normalized spacial score (nSPS) is 18.0. The third kappa shape index (κ3) is 7.35. The number of ether oxygens (including phenoxy) is 1. The summed E-state index contributed by atoms with van der Waals surface area (Å²) in [6.45, 7) is -0.267. The first-order chi connectivity index (χ1) is 26.6. The number of fused-ring (bicyclic) bond motifs is 1. The molecule has 0 saturated carbocycles. The largest absolute Gasteiger partial charge is 0.465 e. The number of likely N-dealkylation sites (N-methyl/N-ethyl adjacent to an activating group) is 1. The van der Waals surface area contributed by atoms with Crippen LogP contribution in [-0.4, -0.2) is 127 Å². The molecule has 2 aliphatic heterocycles. The maximum absolute atomic E-state index is 13.2. The molecule has 288 valence electrons. The zero-order chi connectivity index (χ0) is 38.8. The van der Waals surface area contributed by atoms with Gasteiger partial charge in [-0.3, -0.25) is 14.5 Å². The molecular weight excluding hydrogens is 712 g/mol. The van der Waals surface area contributed by atoms with E-state index < -0.39 is 49.3 Å². The van der Waals surface area contributed by atoms with Gasteiger partial charge in [0.25, 0.3) is 0 Å². The standard InChI is InChI=1S/C38H42N8O9/c1-44(38(52)53)30(20-48)36(50)46-14-4-6-29(46)34-39-17-25(41-34)21-7-9-22(10-8-21)32-16-24-15-23(11-12-31(24)55-32)26-18-40-33(42-26)28-5-3-13-45(28)35(49)27(19-47)43-37(51)54-2/h7-12,15-18,27-30,47-48H,3-6,13-14,19-20H2,1-2H3,(H,39,41)(H,40,42)(H,43,51)(H,52,53)/t27-,28-,29-,30-/m0/s1. The van der Waals surface area contributed by atoms with Crippen LogP contribution in [0.3, 0.4) is 0 Å². The second-order valence-electron chi connectivity index (χ2n) is 13.6. The van der Waals surface area contributed by atoms with E-state index in [0.717, 1.165) is 51.2 Å². The molecule has 6 N–H and O–H groups in total. The van der Waals surface area contributed by atoms with Crippen LogP contribution >= 0.6 is 0 Å². The van der Waals surface area contributed by atoms with E-state index in [4.69, 9.17) is 4.42 Å². The van der Waals surface area contributed by atoms with E-state index in [1.807, 2.05) is 48.5 Å². The lowest BCUT2D eigenvalue weighted by Gasteiger charge is -2.30. The van der Waals surface area contributed by atoms with E-state index in [2.05, 4.69) is 30.0 Å². The number of hydrogen-bond donors (Lipinski definition) is 6. The maximum atomic E-state index is 13.2. The van der Waals surface area contributed by atoms with Crippen LogP contribution in [0.5, 0.6) is 0 Å². The number of rotatable bonds is 11. The number of amides is 4. The number of methoxy groups -OCH3 is 1. The molecule has 0 unspecified atom stereocenters. The summed E-state index contributed by atoms with van der Waals surface area (Å²) in [5, 5.41) is 32.1. The van der Waals surface area contributed by atoms with Crippen molar-refractivity contribution >= 4 is 35.0 Å². The fourth-order valence-electron chi connectivity index (χ4n) is 7.38. The molecule has 0 aliphatic carbocycles. The van der Waals surface area contributed by atoms with E-state index in [1.54, 1.807) is 22.2 Å². The minimum Gasteiger partial charge on any atom is -0.465 e. The Kier molecular flexibility index (Phi) is 10.6. The Morgan fingerprint density at radius 1 is 0.873 bits per heavy atom. The second kappa shape index (κ2) is 15.6. The Bertz CT molecular complexity index is 2190. The van der Waals surface area contributed by atoms with Gasteiger partial charge in [-0.1, -0.05) is 24.3 Å². The van der Waals surface area contributed by atoms with Crippen molar-refractivity contribution in [1.82, 2.24) is 40.0 Å². The highest BCUT2D eigenvalue weighted by Crippen LogP contribution is 2.36. The van der Waals surface area contributed by atoms with Gasteiger partial charge in [-0.05, 0) is 55.5 Å². The second-order valence-corrected chi connectivity index (χ2v) is 13.6. The van der Waals surface area contributed by atoms with Gasteiger partial charge >= 0.3 is 12.2 Å². The third-order valence-corrected chi connectivity index (χ3v) is 10.4.